The molecule has 2 aromatic carbocycles. The summed E-state index contributed by atoms with van der Waals surface area (Å²) in [5, 5.41) is -0.0297. The number of benzene rings is 2. The van der Waals surface area contributed by atoms with Gasteiger partial charge in [-0.1, -0.05) is 48.0 Å². The van der Waals surface area contributed by atoms with E-state index in [1.54, 1.807) is 12.1 Å². The first-order valence-corrected chi connectivity index (χ1v) is 9.64. The third-order valence-corrected chi connectivity index (χ3v) is 4.76. The molecule has 2 aromatic rings. The highest BCUT2D eigenvalue weighted by Gasteiger charge is 2.37. The number of hydrogen-bond acceptors (Lipinski definition) is 4. The van der Waals surface area contributed by atoms with Crippen molar-refractivity contribution in [3.63, 3.8) is 0 Å². The van der Waals surface area contributed by atoms with Gasteiger partial charge in [-0.05, 0) is 43.5 Å². The lowest BCUT2D eigenvalue weighted by atomic mass is 10.1. The molecule has 0 atom stereocenters. The van der Waals surface area contributed by atoms with Crippen LogP contribution in [0.1, 0.15) is 25.0 Å². The molecule has 0 spiro atoms. The van der Waals surface area contributed by atoms with Crippen LogP contribution in [0.4, 0.5) is 0 Å². The monoisotopic (exact) mass is 399 g/mol. The maximum atomic E-state index is 12.8. The second-order valence-corrected chi connectivity index (χ2v) is 6.59. The Balaban J connectivity index is 1.74. The maximum absolute atomic E-state index is 12.8. The Morgan fingerprint density at radius 3 is 2.25 bits per heavy atom. The molecule has 0 fully saturated rings. The zero-order chi connectivity index (χ0) is 20.1. The second-order valence-electron chi connectivity index (χ2n) is 6.21. The maximum Gasteiger partial charge on any atom is 0.273 e. The molecule has 0 aliphatic carbocycles. The third kappa shape index (κ3) is 4.04. The van der Waals surface area contributed by atoms with Gasteiger partial charge in [0.2, 0.25) is 0 Å². The Hall–Kier alpha value is -2.79. The molecule has 28 heavy (non-hydrogen) atoms. The fourth-order valence-electron chi connectivity index (χ4n) is 3.10. The Labute approximate surface area is 169 Å². The van der Waals surface area contributed by atoms with Crippen molar-refractivity contribution in [2.75, 3.05) is 19.8 Å². The number of carbonyl (C=O) groups excluding carboxylic acids is 2. The van der Waals surface area contributed by atoms with Crippen molar-refractivity contribution in [1.29, 1.82) is 0 Å². The molecule has 0 radical (unpaired) electrons. The minimum absolute atomic E-state index is 0.0297. The van der Waals surface area contributed by atoms with Crippen LogP contribution in [0.5, 0.6) is 11.5 Å². The van der Waals surface area contributed by atoms with Crippen LogP contribution in [0.3, 0.4) is 0 Å². The summed E-state index contributed by atoms with van der Waals surface area (Å²) in [6.45, 7) is 5.12. The molecule has 0 bridgehead atoms. The van der Waals surface area contributed by atoms with Crippen LogP contribution in [-0.2, 0) is 16.0 Å². The summed E-state index contributed by atoms with van der Waals surface area (Å²) >= 11 is 6.19. The highest BCUT2D eigenvalue weighted by molar-refractivity contribution is 6.55. The molecule has 146 valence electrons. The van der Waals surface area contributed by atoms with Crippen LogP contribution in [0, 0.1) is 0 Å². The van der Waals surface area contributed by atoms with Gasteiger partial charge in [-0.15, -0.1) is 0 Å². The van der Waals surface area contributed by atoms with Crippen molar-refractivity contribution in [1.82, 2.24) is 4.90 Å². The number of imide groups is 1. The molecule has 0 saturated carbocycles. The third-order valence-electron chi connectivity index (χ3n) is 4.41. The summed E-state index contributed by atoms with van der Waals surface area (Å²) in [6.07, 6.45) is 0.496. The van der Waals surface area contributed by atoms with E-state index < -0.39 is 5.91 Å². The van der Waals surface area contributed by atoms with Gasteiger partial charge in [0.05, 0.1) is 18.8 Å². The standard InChI is InChI=1S/C22H22ClNO4/c1-3-27-17-11-10-15(14-18(17)28-4-2)12-13-24-21(25)19(20(23)22(24)26)16-8-6-5-7-9-16/h5-11,14H,3-4,12-13H2,1-2H3. The average molecular weight is 400 g/mol. The smallest absolute Gasteiger partial charge is 0.273 e. The highest BCUT2D eigenvalue weighted by atomic mass is 35.5. The van der Waals surface area contributed by atoms with E-state index in [0.29, 0.717) is 36.7 Å². The number of rotatable bonds is 8. The first-order chi connectivity index (χ1) is 13.6. The molecule has 2 amide bonds. The molecular weight excluding hydrogens is 378 g/mol. The van der Waals surface area contributed by atoms with E-state index in [1.165, 1.54) is 4.90 Å². The van der Waals surface area contributed by atoms with E-state index >= 15 is 0 Å². The van der Waals surface area contributed by atoms with Gasteiger partial charge in [0, 0.05) is 6.54 Å². The van der Waals surface area contributed by atoms with Crippen LogP contribution in [0.15, 0.2) is 53.6 Å². The van der Waals surface area contributed by atoms with Crippen molar-refractivity contribution in [3.8, 4) is 11.5 Å². The van der Waals surface area contributed by atoms with Crippen molar-refractivity contribution < 1.29 is 19.1 Å². The van der Waals surface area contributed by atoms with Gasteiger partial charge in [0.1, 0.15) is 5.03 Å². The van der Waals surface area contributed by atoms with Gasteiger partial charge < -0.3 is 9.47 Å². The van der Waals surface area contributed by atoms with Gasteiger partial charge in [-0.25, -0.2) is 0 Å². The van der Waals surface area contributed by atoms with E-state index in [9.17, 15) is 9.59 Å². The fraction of sp³-hybridized carbons (Fsp3) is 0.273. The van der Waals surface area contributed by atoms with Crippen LogP contribution in [0.2, 0.25) is 0 Å². The van der Waals surface area contributed by atoms with Crippen molar-refractivity contribution >= 4 is 29.0 Å². The lowest BCUT2D eigenvalue weighted by Crippen LogP contribution is -2.33. The van der Waals surface area contributed by atoms with Crippen LogP contribution < -0.4 is 9.47 Å². The largest absolute Gasteiger partial charge is 0.490 e. The SMILES string of the molecule is CCOc1ccc(CCN2C(=O)C(Cl)=C(c3ccccc3)C2=O)cc1OCC. The number of amides is 2. The molecule has 0 unspecified atom stereocenters. The van der Waals surface area contributed by atoms with Gasteiger partial charge in [-0.2, -0.15) is 0 Å². The van der Waals surface area contributed by atoms with Crippen LogP contribution in [-0.4, -0.2) is 36.5 Å². The number of nitrogens with zero attached hydrogens (tertiary/aromatic N) is 1. The van der Waals surface area contributed by atoms with Gasteiger partial charge in [0.25, 0.3) is 11.8 Å². The lowest BCUT2D eigenvalue weighted by molar-refractivity contribution is -0.136. The molecule has 0 saturated heterocycles. The summed E-state index contributed by atoms with van der Waals surface area (Å²) in [5.41, 5.74) is 1.85. The molecule has 6 heteroatoms. The Kier molecular flexibility index (Phi) is 6.37. The van der Waals surface area contributed by atoms with Gasteiger partial charge in [0.15, 0.2) is 11.5 Å². The molecule has 1 aliphatic rings. The number of halogens is 1. The van der Waals surface area contributed by atoms with Gasteiger partial charge >= 0.3 is 0 Å². The summed E-state index contributed by atoms with van der Waals surface area (Å²) in [6, 6.07) is 14.6. The van der Waals surface area contributed by atoms with Crippen molar-refractivity contribution in [2.24, 2.45) is 0 Å². The summed E-state index contributed by atoms with van der Waals surface area (Å²) < 4.78 is 11.2. The van der Waals surface area contributed by atoms with E-state index in [0.717, 1.165) is 5.56 Å². The minimum atomic E-state index is -0.457. The van der Waals surface area contributed by atoms with Gasteiger partial charge in [-0.3, -0.25) is 14.5 Å². The van der Waals surface area contributed by atoms with Crippen molar-refractivity contribution in [3.05, 3.63) is 64.7 Å². The highest BCUT2D eigenvalue weighted by Crippen LogP contribution is 2.32. The average Bonchev–Trinajstić information content (AvgIpc) is 2.91. The first-order valence-electron chi connectivity index (χ1n) is 9.26. The lowest BCUT2D eigenvalue weighted by Gasteiger charge is -2.16. The Bertz CT molecular complexity index is 908. The number of hydrogen-bond donors (Lipinski definition) is 0. The van der Waals surface area contributed by atoms with E-state index in [1.807, 2.05) is 50.2 Å². The van der Waals surface area contributed by atoms with E-state index in [4.69, 9.17) is 21.1 Å². The quantitative estimate of drug-likeness (QED) is 0.628. The Morgan fingerprint density at radius 1 is 0.893 bits per heavy atom. The van der Waals surface area contributed by atoms with E-state index in [2.05, 4.69) is 0 Å². The number of ether oxygens (including phenoxy) is 2. The second kappa shape index (κ2) is 8.93. The van der Waals surface area contributed by atoms with Crippen LogP contribution in [0.25, 0.3) is 5.57 Å². The summed E-state index contributed by atoms with van der Waals surface area (Å²) in [4.78, 5) is 26.5. The predicted octanol–water partition coefficient (Wildman–Crippen LogP) is 4.05. The fourth-order valence-corrected chi connectivity index (χ4v) is 3.39. The summed E-state index contributed by atoms with van der Waals surface area (Å²) in [5.74, 6) is 0.512. The Morgan fingerprint density at radius 2 is 1.57 bits per heavy atom. The molecule has 1 aliphatic heterocycles. The molecular formula is C22H22ClNO4. The number of carbonyl (C=O) groups is 2. The molecule has 5 nitrogen and oxygen atoms in total. The molecule has 1 heterocycles. The summed E-state index contributed by atoms with van der Waals surface area (Å²) in [7, 11) is 0. The van der Waals surface area contributed by atoms with E-state index in [-0.39, 0.29) is 23.1 Å². The normalized spacial score (nSPS) is 14.0. The first kappa shape index (κ1) is 20.0. The zero-order valence-electron chi connectivity index (χ0n) is 15.9. The van der Waals surface area contributed by atoms with Crippen LogP contribution >= 0.6 is 11.6 Å². The molecule has 0 aromatic heterocycles. The molecule has 3 rings (SSSR count). The topological polar surface area (TPSA) is 55.8 Å². The molecule has 0 N–H and O–H groups in total. The minimum Gasteiger partial charge on any atom is -0.490 e. The predicted molar refractivity (Wildman–Crippen MR) is 108 cm³/mol. The zero-order valence-corrected chi connectivity index (χ0v) is 16.7. The van der Waals surface area contributed by atoms with Crippen molar-refractivity contribution in [2.45, 2.75) is 20.3 Å².